The van der Waals surface area contributed by atoms with Crippen LogP contribution in [0.3, 0.4) is 0 Å². The Labute approximate surface area is 130 Å². The molecule has 0 bridgehead atoms. The quantitative estimate of drug-likeness (QED) is 0.504. The summed E-state index contributed by atoms with van der Waals surface area (Å²) >= 11 is 0. The molecular weight excluding hydrogens is 272 g/mol. The van der Waals surface area contributed by atoms with Crippen molar-refractivity contribution >= 4 is 23.8 Å². The molecule has 4 heteroatoms. The fraction of sp³-hybridized carbons (Fsp3) is 0. The minimum Gasteiger partial charge on any atom is -0.369 e. The predicted octanol–water partition coefficient (Wildman–Crippen LogP) is 3.04. The van der Waals surface area contributed by atoms with Crippen molar-refractivity contribution in [1.29, 1.82) is 0 Å². The Kier molecular flexibility index (Phi) is 5.70. The van der Waals surface area contributed by atoms with Crippen molar-refractivity contribution in [2.45, 2.75) is 0 Å². The molecule has 0 aliphatic carbocycles. The second kappa shape index (κ2) is 8.21. The molecule has 4 N–H and O–H groups in total. The van der Waals surface area contributed by atoms with E-state index >= 15 is 0 Å². The molecule has 22 heavy (non-hydrogen) atoms. The molecule has 2 aromatic rings. The van der Waals surface area contributed by atoms with Gasteiger partial charge in [-0.05, 0) is 23.3 Å². The van der Waals surface area contributed by atoms with Crippen molar-refractivity contribution in [2.75, 3.05) is 0 Å². The van der Waals surface area contributed by atoms with Gasteiger partial charge in [0.1, 0.15) is 0 Å². The second-order valence-corrected chi connectivity index (χ2v) is 4.54. The van der Waals surface area contributed by atoms with Crippen molar-refractivity contribution in [3.8, 4) is 0 Å². The molecule has 0 heterocycles. The summed E-state index contributed by atoms with van der Waals surface area (Å²) < 4.78 is 0. The molecular formula is C18H18N4. The highest BCUT2D eigenvalue weighted by atomic mass is 15.3. The first kappa shape index (κ1) is 15.3. The van der Waals surface area contributed by atoms with Gasteiger partial charge in [0.05, 0.1) is 5.71 Å². The molecule has 0 fully saturated rings. The Bertz CT molecular complexity index is 643. The van der Waals surface area contributed by atoms with Gasteiger partial charge in [0.15, 0.2) is 0 Å². The normalized spacial score (nSPS) is 10.7. The van der Waals surface area contributed by atoms with Gasteiger partial charge in [-0.3, -0.25) is 0 Å². The number of hydrogen-bond donors (Lipinski definition) is 2. The van der Waals surface area contributed by atoms with E-state index in [1.807, 2.05) is 85.0 Å². The van der Waals surface area contributed by atoms with Gasteiger partial charge < -0.3 is 11.5 Å². The van der Waals surface area contributed by atoms with Crippen LogP contribution in [0.25, 0.3) is 12.2 Å². The van der Waals surface area contributed by atoms with Crippen LogP contribution in [0.2, 0.25) is 0 Å². The monoisotopic (exact) mass is 290 g/mol. The molecule has 0 saturated heterocycles. The van der Waals surface area contributed by atoms with E-state index in [4.69, 9.17) is 11.5 Å². The summed E-state index contributed by atoms with van der Waals surface area (Å²) in [5.41, 5.74) is 13.5. The largest absolute Gasteiger partial charge is 0.369 e. The zero-order chi connectivity index (χ0) is 15.6. The smallest absolute Gasteiger partial charge is 0.211 e. The number of hydrogen-bond acceptors (Lipinski definition) is 2. The summed E-state index contributed by atoms with van der Waals surface area (Å²) in [5, 5.41) is 7.74. The number of nitrogens with zero attached hydrogens (tertiary/aromatic N) is 2. The third-order valence-electron chi connectivity index (χ3n) is 2.77. The number of rotatable bonds is 5. The lowest BCUT2D eigenvalue weighted by atomic mass is 10.1. The van der Waals surface area contributed by atoms with E-state index in [1.165, 1.54) is 0 Å². The Hall–Kier alpha value is -3.14. The highest BCUT2D eigenvalue weighted by Gasteiger charge is 1.91. The van der Waals surface area contributed by atoms with Gasteiger partial charge in [-0.25, -0.2) is 0 Å². The second-order valence-electron chi connectivity index (χ2n) is 4.54. The van der Waals surface area contributed by atoms with Crippen LogP contribution in [0.15, 0.2) is 83.0 Å². The van der Waals surface area contributed by atoms with Crippen molar-refractivity contribution in [3.05, 3.63) is 83.9 Å². The molecule has 0 aliphatic rings. The molecule has 0 amide bonds. The third-order valence-corrected chi connectivity index (χ3v) is 2.77. The van der Waals surface area contributed by atoms with Gasteiger partial charge in [-0.15, -0.1) is 10.2 Å². The van der Waals surface area contributed by atoms with Crippen LogP contribution in [-0.2, 0) is 0 Å². The zero-order valence-corrected chi connectivity index (χ0v) is 12.1. The molecule has 0 spiro atoms. The van der Waals surface area contributed by atoms with Crippen LogP contribution < -0.4 is 11.5 Å². The van der Waals surface area contributed by atoms with E-state index in [1.54, 1.807) is 0 Å². The van der Waals surface area contributed by atoms with Gasteiger partial charge in [0, 0.05) is 0 Å². The highest BCUT2D eigenvalue weighted by molar-refractivity contribution is 6.08. The maximum atomic E-state index is 5.33. The number of allylic oxidation sites excluding steroid dienone is 2. The van der Waals surface area contributed by atoms with Crippen LogP contribution in [0.1, 0.15) is 11.1 Å². The van der Waals surface area contributed by atoms with Crippen LogP contribution in [0.5, 0.6) is 0 Å². The molecule has 0 unspecified atom stereocenters. The van der Waals surface area contributed by atoms with Crippen molar-refractivity contribution < 1.29 is 0 Å². The summed E-state index contributed by atoms with van der Waals surface area (Å²) in [4.78, 5) is 0. The lowest BCUT2D eigenvalue weighted by Crippen LogP contribution is -2.22. The van der Waals surface area contributed by atoms with Crippen molar-refractivity contribution in [1.82, 2.24) is 0 Å². The molecule has 2 aromatic carbocycles. The van der Waals surface area contributed by atoms with E-state index in [-0.39, 0.29) is 5.96 Å². The average Bonchev–Trinajstić information content (AvgIpc) is 2.56. The van der Waals surface area contributed by atoms with E-state index in [0.717, 1.165) is 11.1 Å². The first-order chi connectivity index (χ1) is 10.7. The fourth-order valence-corrected chi connectivity index (χ4v) is 1.73. The van der Waals surface area contributed by atoms with Gasteiger partial charge in [0.25, 0.3) is 0 Å². The summed E-state index contributed by atoms with van der Waals surface area (Å²) in [6, 6.07) is 19.9. The lowest BCUT2D eigenvalue weighted by molar-refractivity contribution is 1.21. The highest BCUT2D eigenvalue weighted by Crippen LogP contribution is 2.04. The van der Waals surface area contributed by atoms with E-state index in [9.17, 15) is 0 Å². The fourth-order valence-electron chi connectivity index (χ4n) is 1.73. The maximum absolute atomic E-state index is 5.33. The minimum atomic E-state index is -0.0706. The summed E-state index contributed by atoms with van der Waals surface area (Å²) in [5.74, 6) is -0.0706. The van der Waals surface area contributed by atoms with Crippen molar-refractivity contribution in [3.63, 3.8) is 0 Å². The molecule has 0 radical (unpaired) electrons. The average molecular weight is 290 g/mol. The molecule has 4 nitrogen and oxygen atoms in total. The summed E-state index contributed by atoms with van der Waals surface area (Å²) in [6.07, 6.45) is 7.63. The van der Waals surface area contributed by atoms with E-state index in [2.05, 4.69) is 10.2 Å². The van der Waals surface area contributed by atoms with Gasteiger partial charge in [0.2, 0.25) is 5.96 Å². The van der Waals surface area contributed by atoms with E-state index < -0.39 is 0 Å². The molecule has 0 atom stereocenters. The molecule has 2 rings (SSSR count). The van der Waals surface area contributed by atoms with Crippen LogP contribution in [0, 0.1) is 0 Å². The maximum Gasteiger partial charge on any atom is 0.211 e. The first-order valence-corrected chi connectivity index (χ1v) is 6.87. The predicted molar refractivity (Wildman–Crippen MR) is 94.2 cm³/mol. The number of benzene rings is 2. The Morgan fingerprint density at radius 2 is 1.14 bits per heavy atom. The Morgan fingerprint density at radius 3 is 1.55 bits per heavy atom. The molecule has 0 saturated carbocycles. The third kappa shape index (κ3) is 5.46. The van der Waals surface area contributed by atoms with Crippen LogP contribution in [-0.4, -0.2) is 11.7 Å². The molecule has 110 valence electrons. The van der Waals surface area contributed by atoms with E-state index in [0.29, 0.717) is 5.71 Å². The lowest BCUT2D eigenvalue weighted by Gasteiger charge is -1.95. The number of guanidine groups is 1. The molecule has 0 aliphatic heterocycles. The Balaban J connectivity index is 2.20. The summed E-state index contributed by atoms with van der Waals surface area (Å²) in [6.45, 7) is 0. The van der Waals surface area contributed by atoms with Crippen molar-refractivity contribution in [2.24, 2.45) is 21.7 Å². The van der Waals surface area contributed by atoms with Gasteiger partial charge in [-0.1, -0.05) is 72.8 Å². The van der Waals surface area contributed by atoms with Crippen LogP contribution >= 0.6 is 0 Å². The minimum absolute atomic E-state index is 0.0706. The standard InChI is InChI=1S/C18H18N4/c19-18(20)22-21-17(13-11-15-7-3-1-4-8-15)14-12-16-9-5-2-6-10-16/h1-14H,(H4,19,20,22). The van der Waals surface area contributed by atoms with Crippen LogP contribution in [0.4, 0.5) is 0 Å². The Morgan fingerprint density at radius 1 is 0.682 bits per heavy atom. The molecule has 0 aromatic heterocycles. The van der Waals surface area contributed by atoms with Gasteiger partial charge >= 0.3 is 0 Å². The first-order valence-electron chi connectivity index (χ1n) is 6.87. The zero-order valence-electron chi connectivity index (χ0n) is 12.1. The van der Waals surface area contributed by atoms with Gasteiger partial charge in [-0.2, -0.15) is 0 Å². The summed E-state index contributed by atoms with van der Waals surface area (Å²) in [7, 11) is 0. The SMILES string of the molecule is NC(N)=NN=C(C=Cc1ccccc1)C=Cc1ccccc1. The number of nitrogens with two attached hydrogens (primary N) is 2. The topological polar surface area (TPSA) is 76.8 Å².